The Balaban J connectivity index is 1.69. The average molecular weight is 301 g/mol. The number of rotatable bonds is 7. The van der Waals surface area contributed by atoms with E-state index in [1.54, 1.807) is 0 Å². The number of ether oxygens (including phenoxy) is 1. The van der Waals surface area contributed by atoms with Crippen LogP contribution in [-0.2, 0) is 0 Å². The molecule has 1 fully saturated rings. The fourth-order valence-electron chi connectivity index (χ4n) is 2.44. The Morgan fingerprint density at radius 2 is 2.10 bits per heavy atom. The number of thiophene rings is 1. The largest absolute Gasteiger partial charge is 0.493 e. The summed E-state index contributed by atoms with van der Waals surface area (Å²) >= 11 is 1.84. The summed E-state index contributed by atoms with van der Waals surface area (Å²) in [6.07, 6.45) is 2.66. The van der Waals surface area contributed by atoms with Gasteiger partial charge in [-0.1, -0.05) is 26.0 Å². The third-order valence-corrected chi connectivity index (χ3v) is 4.64. The lowest BCUT2D eigenvalue weighted by Gasteiger charge is -2.19. The topological polar surface area (TPSA) is 21.3 Å². The van der Waals surface area contributed by atoms with Crippen LogP contribution in [0.5, 0.6) is 5.75 Å². The summed E-state index contributed by atoms with van der Waals surface area (Å²) in [5.41, 5.74) is 1.15. The summed E-state index contributed by atoms with van der Waals surface area (Å²) in [6, 6.07) is 13.2. The minimum Gasteiger partial charge on any atom is -0.493 e. The van der Waals surface area contributed by atoms with Crippen LogP contribution in [0, 0.1) is 11.8 Å². The standard InChI is InChI=1S/C18H23NOS/c1-13(2)12-20-16-6-3-5-15(11-16)19-18(14-8-9-14)17-7-4-10-21-17/h3-7,10-11,13-14,18-19H,8-9,12H2,1-2H3. The molecule has 0 amide bonds. The monoisotopic (exact) mass is 301 g/mol. The molecule has 1 aliphatic carbocycles. The van der Waals surface area contributed by atoms with Crippen LogP contribution in [0.3, 0.4) is 0 Å². The number of benzene rings is 1. The SMILES string of the molecule is CC(C)COc1cccc(NC(c2cccs2)C2CC2)c1. The molecule has 21 heavy (non-hydrogen) atoms. The Hall–Kier alpha value is -1.48. The van der Waals surface area contributed by atoms with E-state index in [1.165, 1.54) is 17.7 Å². The maximum Gasteiger partial charge on any atom is 0.121 e. The van der Waals surface area contributed by atoms with Gasteiger partial charge in [0.25, 0.3) is 0 Å². The zero-order valence-electron chi connectivity index (χ0n) is 12.7. The summed E-state index contributed by atoms with van der Waals surface area (Å²) in [6.45, 7) is 5.10. The van der Waals surface area contributed by atoms with Gasteiger partial charge in [0, 0.05) is 16.6 Å². The molecule has 1 atom stereocenters. The molecule has 3 rings (SSSR count). The Bertz CT molecular complexity index is 560. The van der Waals surface area contributed by atoms with Crippen molar-refractivity contribution in [3.8, 4) is 5.75 Å². The fraction of sp³-hybridized carbons (Fsp3) is 0.444. The van der Waals surface area contributed by atoms with Crippen molar-refractivity contribution < 1.29 is 4.74 Å². The highest BCUT2D eigenvalue weighted by molar-refractivity contribution is 7.10. The molecule has 1 heterocycles. The van der Waals surface area contributed by atoms with Gasteiger partial charge in [0.15, 0.2) is 0 Å². The highest BCUT2D eigenvalue weighted by Gasteiger charge is 2.32. The van der Waals surface area contributed by atoms with Gasteiger partial charge in [-0.05, 0) is 48.3 Å². The maximum atomic E-state index is 5.82. The van der Waals surface area contributed by atoms with Crippen LogP contribution in [0.4, 0.5) is 5.69 Å². The first kappa shape index (κ1) is 14.5. The van der Waals surface area contributed by atoms with Crippen LogP contribution in [0.25, 0.3) is 0 Å². The van der Waals surface area contributed by atoms with E-state index >= 15 is 0 Å². The molecule has 1 saturated carbocycles. The van der Waals surface area contributed by atoms with Crippen molar-refractivity contribution in [2.75, 3.05) is 11.9 Å². The highest BCUT2D eigenvalue weighted by atomic mass is 32.1. The van der Waals surface area contributed by atoms with Gasteiger partial charge in [-0.15, -0.1) is 11.3 Å². The van der Waals surface area contributed by atoms with Crippen LogP contribution >= 0.6 is 11.3 Å². The lowest BCUT2D eigenvalue weighted by Crippen LogP contribution is -2.11. The van der Waals surface area contributed by atoms with E-state index in [0.29, 0.717) is 12.0 Å². The van der Waals surface area contributed by atoms with Gasteiger partial charge < -0.3 is 10.1 Å². The van der Waals surface area contributed by atoms with Gasteiger partial charge in [-0.2, -0.15) is 0 Å². The van der Waals surface area contributed by atoms with Crippen LogP contribution in [0.1, 0.15) is 37.6 Å². The van der Waals surface area contributed by atoms with Gasteiger partial charge in [0.1, 0.15) is 5.75 Å². The molecule has 0 bridgehead atoms. The zero-order valence-corrected chi connectivity index (χ0v) is 13.5. The Morgan fingerprint density at radius 3 is 2.76 bits per heavy atom. The van der Waals surface area contributed by atoms with E-state index < -0.39 is 0 Å². The lowest BCUT2D eigenvalue weighted by atomic mass is 10.1. The third-order valence-electron chi connectivity index (χ3n) is 3.68. The Kier molecular flexibility index (Phi) is 4.49. The summed E-state index contributed by atoms with van der Waals surface area (Å²) in [7, 11) is 0. The van der Waals surface area contributed by atoms with Crippen molar-refractivity contribution in [1.29, 1.82) is 0 Å². The lowest BCUT2D eigenvalue weighted by molar-refractivity contribution is 0.271. The van der Waals surface area contributed by atoms with Crippen LogP contribution in [0.15, 0.2) is 41.8 Å². The second-order valence-corrected chi connectivity index (χ2v) is 7.19. The van der Waals surface area contributed by atoms with Crippen molar-refractivity contribution in [1.82, 2.24) is 0 Å². The van der Waals surface area contributed by atoms with Gasteiger partial charge in [0.05, 0.1) is 12.6 Å². The molecule has 0 spiro atoms. The minimum atomic E-state index is 0.449. The third kappa shape index (κ3) is 4.01. The molecule has 0 aliphatic heterocycles. The van der Waals surface area contributed by atoms with E-state index in [1.807, 2.05) is 17.4 Å². The van der Waals surface area contributed by atoms with Crippen LogP contribution in [-0.4, -0.2) is 6.61 Å². The Labute approximate surface area is 131 Å². The average Bonchev–Trinajstić information content (AvgIpc) is 3.17. The predicted octanol–water partition coefficient (Wildman–Crippen LogP) is 5.35. The van der Waals surface area contributed by atoms with E-state index in [0.717, 1.165) is 24.0 Å². The molecule has 2 aromatic rings. The highest BCUT2D eigenvalue weighted by Crippen LogP contribution is 2.44. The molecule has 0 radical (unpaired) electrons. The molecular weight excluding hydrogens is 278 g/mol. The second kappa shape index (κ2) is 6.52. The quantitative estimate of drug-likeness (QED) is 0.744. The first-order valence-electron chi connectivity index (χ1n) is 7.75. The van der Waals surface area contributed by atoms with Crippen LogP contribution in [0.2, 0.25) is 0 Å². The van der Waals surface area contributed by atoms with E-state index in [2.05, 4.69) is 54.9 Å². The molecule has 1 aliphatic rings. The molecule has 0 saturated heterocycles. The van der Waals surface area contributed by atoms with Crippen molar-refractivity contribution in [2.24, 2.45) is 11.8 Å². The summed E-state index contributed by atoms with van der Waals surface area (Å²) in [5, 5.41) is 5.86. The summed E-state index contributed by atoms with van der Waals surface area (Å²) in [4.78, 5) is 1.44. The smallest absolute Gasteiger partial charge is 0.121 e. The molecular formula is C18H23NOS. The second-order valence-electron chi connectivity index (χ2n) is 6.21. The van der Waals surface area contributed by atoms with Crippen molar-refractivity contribution in [3.05, 3.63) is 46.7 Å². The van der Waals surface area contributed by atoms with Crippen molar-refractivity contribution >= 4 is 17.0 Å². The minimum absolute atomic E-state index is 0.449. The van der Waals surface area contributed by atoms with Crippen molar-refractivity contribution in [3.63, 3.8) is 0 Å². The maximum absolute atomic E-state index is 5.82. The molecule has 1 N–H and O–H groups in total. The number of hydrogen-bond donors (Lipinski definition) is 1. The van der Waals surface area contributed by atoms with Crippen molar-refractivity contribution in [2.45, 2.75) is 32.7 Å². The normalized spacial score (nSPS) is 16.0. The van der Waals surface area contributed by atoms with Crippen LogP contribution < -0.4 is 10.1 Å². The molecule has 1 aromatic heterocycles. The van der Waals surface area contributed by atoms with Gasteiger partial charge in [0.2, 0.25) is 0 Å². The Morgan fingerprint density at radius 1 is 1.24 bits per heavy atom. The molecule has 2 nitrogen and oxygen atoms in total. The molecule has 1 unspecified atom stereocenters. The molecule has 112 valence electrons. The van der Waals surface area contributed by atoms with E-state index in [4.69, 9.17) is 4.74 Å². The number of anilines is 1. The van der Waals surface area contributed by atoms with Gasteiger partial charge >= 0.3 is 0 Å². The number of hydrogen-bond acceptors (Lipinski definition) is 3. The number of nitrogens with one attached hydrogen (secondary N) is 1. The first-order chi connectivity index (χ1) is 10.2. The molecule has 1 aromatic carbocycles. The summed E-state index contributed by atoms with van der Waals surface area (Å²) in [5.74, 6) is 2.28. The predicted molar refractivity (Wildman–Crippen MR) is 90.2 cm³/mol. The fourth-order valence-corrected chi connectivity index (χ4v) is 3.31. The van der Waals surface area contributed by atoms with Gasteiger partial charge in [-0.3, -0.25) is 0 Å². The van der Waals surface area contributed by atoms with E-state index in [9.17, 15) is 0 Å². The molecule has 3 heteroatoms. The first-order valence-corrected chi connectivity index (χ1v) is 8.63. The zero-order chi connectivity index (χ0) is 14.7. The van der Waals surface area contributed by atoms with E-state index in [-0.39, 0.29) is 0 Å². The van der Waals surface area contributed by atoms with Gasteiger partial charge in [-0.25, -0.2) is 0 Å². The summed E-state index contributed by atoms with van der Waals surface area (Å²) < 4.78 is 5.82.